The summed E-state index contributed by atoms with van der Waals surface area (Å²) >= 11 is 0. The van der Waals surface area contributed by atoms with Gasteiger partial charge < -0.3 is 14.6 Å². The van der Waals surface area contributed by atoms with Crippen LogP contribution in [0.2, 0.25) is 0 Å². The molecule has 0 amide bonds. The van der Waals surface area contributed by atoms with Crippen molar-refractivity contribution in [2.45, 2.75) is 40.2 Å². The first kappa shape index (κ1) is 21.1. The molecule has 0 saturated carbocycles. The molecule has 0 heterocycles. The Morgan fingerprint density at radius 2 is 2.11 bits per heavy atom. The highest BCUT2D eigenvalue weighted by Gasteiger charge is 2.41. The summed E-state index contributed by atoms with van der Waals surface area (Å²) in [5.74, 6) is -0.675. The fraction of sp³-hybridized carbons (Fsp3) is 0.435. The minimum absolute atomic E-state index is 0.146. The Morgan fingerprint density at radius 3 is 2.70 bits per heavy atom. The standard InChI is InChI=1S/C23H30O4/c1-6-17-9-7-10-18(13-17)20(14-21(24)25)19-11-8-12-23(4,16(2)3)22(19)27-15-26-5/h7-14,16,22H,6,15H2,1-5H3,(H,24,25). The zero-order chi connectivity index (χ0) is 20.0. The topological polar surface area (TPSA) is 55.8 Å². The third-order valence-electron chi connectivity index (χ3n) is 5.40. The number of rotatable bonds is 8. The molecule has 0 aliphatic heterocycles. The van der Waals surface area contributed by atoms with Gasteiger partial charge in [0.2, 0.25) is 0 Å². The van der Waals surface area contributed by atoms with Crippen molar-refractivity contribution in [3.05, 3.63) is 65.3 Å². The molecule has 146 valence electrons. The number of aryl methyl sites for hydroxylation is 1. The molecule has 0 aromatic heterocycles. The maximum Gasteiger partial charge on any atom is 0.328 e. The van der Waals surface area contributed by atoms with Gasteiger partial charge in [0.15, 0.2) is 0 Å². The number of allylic oxidation sites excluding steroid dienone is 2. The van der Waals surface area contributed by atoms with E-state index in [0.717, 1.165) is 23.1 Å². The molecule has 27 heavy (non-hydrogen) atoms. The zero-order valence-corrected chi connectivity index (χ0v) is 16.9. The molecule has 1 aromatic carbocycles. The first-order valence-corrected chi connectivity index (χ1v) is 9.37. The van der Waals surface area contributed by atoms with Crippen LogP contribution in [0, 0.1) is 11.3 Å². The second-order valence-corrected chi connectivity index (χ2v) is 7.41. The summed E-state index contributed by atoms with van der Waals surface area (Å²) in [5.41, 5.74) is 3.31. The minimum atomic E-state index is -0.973. The van der Waals surface area contributed by atoms with E-state index in [1.165, 1.54) is 6.08 Å². The highest BCUT2D eigenvalue weighted by Crippen LogP contribution is 2.44. The predicted molar refractivity (Wildman–Crippen MR) is 108 cm³/mol. The van der Waals surface area contributed by atoms with E-state index in [1.807, 2.05) is 36.4 Å². The number of hydrogen-bond acceptors (Lipinski definition) is 3. The van der Waals surface area contributed by atoms with Gasteiger partial charge >= 0.3 is 5.97 Å². The Balaban J connectivity index is 2.59. The third-order valence-corrected chi connectivity index (χ3v) is 5.40. The van der Waals surface area contributed by atoms with E-state index in [2.05, 4.69) is 33.8 Å². The molecule has 1 aliphatic carbocycles. The van der Waals surface area contributed by atoms with Crippen LogP contribution in [0.5, 0.6) is 0 Å². The van der Waals surface area contributed by atoms with Gasteiger partial charge in [0.05, 0.1) is 6.10 Å². The lowest BCUT2D eigenvalue weighted by Gasteiger charge is -2.42. The van der Waals surface area contributed by atoms with E-state index in [-0.39, 0.29) is 18.3 Å². The average Bonchev–Trinajstić information content (AvgIpc) is 2.64. The smallest absolute Gasteiger partial charge is 0.328 e. The molecular weight excluding hydrogens is 340 g/mol. The van der Waals surface area contributed by atoms with Gasteiger partial charge in [-0.25, -0.2) is 4.79 Å². The molecule has 2 rings (SSSR count). The van der Waals surface area contributed by atoms with E-state index in [4.69, 9.17) is 9.47 Å². The second-order valence-electron chi connectivity index (χ2n) is 7.41. The highest BCUT2D eigenvalue weighted by molar-refractivity contribution is 5.96. The van der Waals surface area contributed by atoms with Gasteiger partial charge in [0.1, 0.15) is 6.79 Å². The Labute approximate surface area is 162 Å². The van der Waals surface area contributed by atoms with Crippen LogP contribution in [0.1, 0.15) is 38.8 Å². The minimum Gasteiger partial charge on any atom is -0.478 e. The molecule has 1 aromatic rings. The van der Waals surface area contributed by atoms with Gasteiger partial charge in [-0.15, -0.1) is 0 Å². The van der Waals surface area contributed by atoms with Crippen LogP contribution >= 0.6 is 0 Å². The number of methoxy groups -OCH3 is 1. The average molecular weight is 370 g/mol. The summed E-state index contributed by atoms with van der Waals surface area (Å²) in [6.07, 6.45) is 7.96. The van der Waals surface area contributed by atoms with Crippen molar-refractivity contribution in [3.63, 3.8) is 0 Å². The predicted octanol–water partition coefficient (Wildman–Crippen LogP) is 4.86. The van der Waals surface area contributed by atoms with Crippen LogP contribution in [-0.4, -0.2) is 31.1 Å². The summed E-state index contributed by atoms with van der Waals surface area (Å²) < 4.78 is 11.2. The monoisotopic (exact) mass is 370 g/mol. The molecule has 4 heteroatoms. The second kappa shape index (κ2) is 9.16. The molecule has 2 unspecified atom stereocenters. The van der Waals surface area contributed by atoms with Crippen LogP contribution in [0.25, 0.3) is 5.57 Å². The number of carboxylic acid groups (broad SMARTS) is 1. The van der Waals surface area contributed by atoms with Crippen LogP contribution < -0.4 is 0 Å². The molecule has 0 fully saturated rings. The fourth-order valence-corrected chi connectivity index (χ4v) is 3.42. The van der Waals surface area contributed by atoms with Crippen molar-refractivity contribution in [1.82, 2.24) is 0 Å². The Morgan fingerprint density at radius 1 is 1.37 bits per heavy atom. The Bertz CT molecular complexity index is 757. The van der Waals surface area contributed by atoms with Gasteiger partial charge in [0.25, 0.3) is 0 Å². The SMILES string of the molecule is CCc1cccc(C(=CC(=O)O)C2=CC=CC(C)(C(C)C)C2OCOC)c1. The van der Waals surface area contributed by atoms with Gasteiger partial charge in [-0.2, -0.15) is 0 Å². The molecule has 2 atom stereocenters. The summed E-state index contributed by atoms with van der Waals surface area (Å²) in [5, 5.41) is 9.52. The largest absolute Gasteiger partial charge is 0.478 e. The van der Waals surface area contributed by atoms with Crippen LogP contribution in [0.3, 0.4) is 0 Å². The zero-order valence-electron chi connectivity index (χ0n) is 16.9. The molecular formula is C23H30O4. The number of hydrogen-bond donors (Lipinski definition) is 1. The van der Waals surface area contributed by atoms with Crippen molar-refractivity contribution in [2.75, 3.05) is 13.9 Å². The van der Waals surface area contributed by atoms with Gasteiger partial charge in [-0.05, 0) is 34.6 Å². The Kier molecular flexibility index (Phi) is 7.17. The number of ether oxygens (including phenoxy) is 2. The summed E-state index contributed by atoms with van der Waals surface area (Å²) in [6, 6.07) is 8.02. The lowest BCUT2D eigenvalue weighted by atomic mass is 9.68. The Hall–Kier alpha value is -2.17. The van der Waals surface area contributed by atoms with Crippen molar-refractivity contribution < 1.29 is 19.4 Å². The lowest BCUT2D eigenvalue weighted by molar-refractivity contribution is -0.131. The van der Waals surface area contributed by atoms with E-state index in [0.29, 0.717) is 11.5 Å². The number of aliphatic carboxylic acids is 1. The van der Waals surface area contributed by atoms with E-state index in [9.17, 15) is 9.90 Å². The van der Waals surface area contributed by atoms with Crippen molar-refractivity contribution in [2.24, 2.45) is 11.3 Å². The number of benzene rings is 1. The van der Waals surface area contributed by atoms with Crippen LogP contribution in [-0.2, 0) is 20.7 Å². The molecule has 1 N–H and O–H groups in total. The summed E-state index contributed by atoms with van der Waals surface area (Å²) in [4.78, 5) is 11.6. The normalized spacial score (nSPS) is 22.8. The van der Waals surface area contributed by atoms with Crippen molar-refractivity contribution in [1.29, 1.82) is 0 Å². The molecule has 0 saturated heterocycles. The maximum atomic E-state index is 11.6. The van der Waals surface area contributed by atoms with Crippen molar-refractivity contribution >= 4 is 11.5 Å². The molecule has 4 nitrogen and oxygen atoms in total. The summed E-state index contributed by atoms with van der Waals surface area (Å²) in [6.45, 7) is 8.67. The first-order valence-electron chi connectivity index (χ1n) is 9.37. The third kappa shape index (κ3) is 4.76. The van der Waals surface area contributed by atoms with Crippen LogP contribution in [0.15, 0.2) is 54.1 Å². The van der Waals surface area contributed by atoms with Gasteiger partial charge in [-0.1, -0.05) is 70.2 Å². The molecule has 0 radical (unpaired) electrons. The van der Waals surface area contributed by atoms with Crippen molar-refractivity contribution in [3.8, 4) is 0 Å². The fourth-order valence-electron chi connectivity index (χ4n) is 3.42. The van der Waals surface area contributed by atoms with E-state index in [1.54, 1.807) is 7.11 Å². The maximum absolute atomic E-state index is 11.6. The van der Waals surface area contributed by atoms with E-state index < -0.39 is 5.97 Å². The molecule has 0 bridgehead atoms. The number of carbonyl (C=O) groups is 1. The quantitative estimate of drug-likeness (QED) is 0.524. The molecule has 1 aliphatic rings. The first-order chi connectivity index (χ1) is 12.8. The van der Waals surface area contributed by atoms with Crippen LogP contribution in [0.4, 0.5) is 0 Å². The van der Waals surface area contributed by atoms with Gasteiger partial charge in [0, 0.05) is 18.6 Å². The lowest BCUT2D eigenvalue weighted by Crippen LogP contribution is -2.41. The highest BCUT2D eigenvalue weighted by atomic mass is 16.7. The molecule has 0 spiro atoms. The number of carboxylic acids is 1. The van der Waals surface area contributed by atoms with E-state index >= 15 is 0 Å². The summed E-state index contributed by atoms with van der Waals surface area (Å²) in [7, 11) is 1.59. The van der Waals surface area contributed by atoms with Gasteiger partial charge in [-0.3, -0.25) is 0 Å².